The Labute approximate surface area is 105 Å². The number of amides is 1. The molecule has 1 N–H and O–H groups in total. The maximum Gasteiger partial charge on any atom is 0.224 e. The number of hydrogen-bond donors (Lipinski definition) is 1. The summed E-state index contributed by atoms with van der Waals surface area (Å²) >= 11 is 11.8. The minimum atomic E-state index is -0.0841. The average molecular weight is 262 g/mol. The Balaban J connectivity index is 2.97. The zero-order valence-electron chi connectivity index (χ0n) is 9.14. The number of halogens is 2. The molecule has 0 atom stereocenters. The topological polar surface area (TPSA) is 38.3 Å². The summed E-state index contributed by atoms with van der Waals surface area (Å²) in [6.07, 6.45) is 1.23. The van der Waals surface area contributed by atoms with Gasteiger partial charge in [-0.2, -0.15) is 0 Å². The first-order valence-corrected chi connectivity index (χ1v) is 5.67. The molecule has 1 rings (SSSR count). The summed E-state index contributed by atoms with van der Waals surface area (Å²) < 4.78 is 5.10. The van der Waals surface area contributed by atoms with Crippen LogP contribution < -0.4 is 10.1 Å². The zero-order chi connectivity index (χ0) is 12.1. The molecule has 0 aliphatic heterocycles. The molecule has 3 nitrogen and oxygen atoms in total. The molecule has 0 radical (unpaired) electrons. The highest BCUT2D eigenvalue weighted by Gasteiger charge is 2.11. The highest BCUT2D eigenvalue weighted by molar-refractivity contribution is 6.36. The lowest BCUT2D eigenvalue weighted by molar-refractivity contribution is -0.116. The molecule has 0 unspecified atom stereocenters. The fraction of sp³-hybridized carbons (Fsp3) is 0.364. The van der Waals surface area contributed by atoms with E-state index in [9.17, 15) is 4.79 Å². The minimum absolute atomic E-state index is 0.0841. The summed E-state index contributed by atoms with van der Waals surface area (Å²) in [7, 11) is 1.49. The first-order chi connectivity index (χ1) is 7.58. The van der Waals surface area contributed by atoms with Crippen LogP contribution in [0.5, 0.6) is 5.75 Å². The van der Waals surface area contributed by atoms with E-state index < -0.39 is 0 Å². The number of rotatable bonds is 4. The lowest BCUT2D eigenvalue weighted by atomic mass is 10.2. The average Bonchev–Trinajstić information content (AvgIpc) is 2.17. The monoisotopic (exact) mass is 261 g/mol. The molecule has 1 amide bonds. The number of carbonyl (C=O) groups excluding carboxylic acids is 1. The molecule has 0 fully saturated rings. The molecule has 16 heavy (non-hydrogen) atoms. The SMILES string of the molecule is CCCC(=O)Nc1cc(Cl)cc(Cl)c1OC. The summed E-state index contributed by atoms with van der Waals surface area (Å²) in [6.45, 7) is 1.93. The third-order valence-corrected chi connectivity index (χ3v) is 2.46. The van der Waals surface area contributed by atoms with Gasteiger partial charge in [0.2, 0.25) is 5.91 Å². The van der Waals surface area contributed by atoms with E-state index in [1.807, 2.05) is 6.92 Å². The molecular formula is C11H13Cl2NO2. The predicted molar refractivity (Wildman–Crippen MR) is 66.6 cm³/mol. The number of anilines is 1. The second kappa shape index (κ2) is 5.97. The van der Waals surface area contributed by atoms with Crippen molar-refractivity contribution >= 4 is 34.8 Å². The van der Waals surface area contributed by atoms with Crippen LogP contribution in [0.15, 0.2) is 12.1 Å². The number of hydrogen-bond acceptors (Lipinski definition) is 2. The summed E-state index contributed by atoms with van der Waals surface area (Å²) in [5.41, 5.74) is 0.499. The van der Waals surface area contributed by atoms with E-state index >= 15 is 0 Å². The molecule has 1 aromatic carbocycles. The Bertz CT molecular complexity index is 394. The van der Waals surface area contributed by atoms with Crippen LogP contribution in [0.25, 0.3) is 0 Å². The molecule has 0 aliphatic rings. The maximum absolute atomic E-state index is 11.5. The number of ether oxygens (including phenoxy) is 1. The number of methoxy groups -OCH3 is 1. The van der Waals surface area contributed by atoms with Gasteiger partial charge in [0.25, 0.3) is 0 Å². The number of carbonyl (C=O) groups is 1. The lowest BCUT2D eigenvalue weighted by Crippen LogP contribution is -2.11. The fourth-order valence-corrected chi connectivity index (χ4v) is 1.87. The van der Waals surface area contributed by atoms with Crippen molar-refractivity contribution in [3.63, 3.8) is 0 Å². The molecule has 0 aromatic heterocycles. The molecule has 5 heteroatoms. The summed E-state index contributed by atoms with van der Waals surface area (Å²) in [5, 5.41) is 3.54. The van der Waals surface area contributed by atoms with Gasteiger partial charge >= 0.3 is 0 Å². The van der Waals surface area contributed by atoms with Crippen LogP contribution in [0.3, 0.4) is 0 Å². The molecule has 0 bridgehead atoms. The smallest absolute Gasteiger partial charge is 0.224 e. The van der Waals surface area contributed by atoms with Crippen LogP contribution in [0.1, 0.15) is 19.8 Å². The van der Waals surface area contributed by atoms with E-state index in [0.29, 0.717) is 27.9 Å². The van der Waals surface area contributed by atoms with Gasteiger partial charge in [0, 0.05) is 11.4 Å². The normalized spacial score (nSPS) is 10.0. The number of nitrogens with one attached hydrogen (secondary N) is 1. The van der Waals surface area contributed by atoms with Crippen LogP contribution in [0.4, 0.5) is 5.69 Å². The summed E-state index contributed by atoms with van der Waals surface area (Å²) in [6, 6.07) is 3.18. The van der Waals surface area contributed by atoms with Gasteiger partial charge in [-0.05, 0) is 18.6 Å². The van der Waals surface area contributed by atoms with Crippen molar-refractivity contribution in [2.24, 2.45) is 0 Å². The maximum atomic E-state index is 11.5. The van der Waals surface area contributed by atoms with E-state index in [1.165, 1.54) is 7.11 Å². The van der Waals surface area contributed by atoms with Gasteiger partial charge in [0.05, 0.1) is 17.8 Å². The van der Waals surface area contributed by atoms with Crippen LogP contribution in [-0.2, 0) is 4.79 Å². The highest BCUT2D eigenvalue weighted by atomic mass is 35.5. The van der Waals surface area contributed by atoms with Gasteiger partial charge in [-0.3, -0.25) is 4.79 Å². The van der Waals surface area contributed by atoms with Crippen LogP contribution in [0.2, 0.25) is 10.0 Å². The van der Waals surface area contributed by atoms with E-state index in [1.54, 1.807) is 12.1 Å². The van der Waals surface area contributed by atoms with Gasteiger partial charge in [-0.25, -0.2) is 0 Å². The molecule has 88 valence electrons. The van der Waals surface area contributed by atoms with Crippen molar-refractivity contribution in [1.82, 2.24) is 0 Å². The molecule has 0 saturated heterocycles. The van der Waals surface area contributed by atoms with Crippen molar-refractivity contribution in [3.8, 4) is 5.75 Å². The third kappa shape index (κ3) is 3.29. The standard InChI is InChI=1S/C11H13Cl2NO2/c1-3-4-10(15)14-9-6-7(12)5-8(13)11(9)16-2/h5-6H,3-4H2,1-2H3,(H,14,15). The predicted octanol–water partition coefficient (Wildman–Crippen LogP) is 3.74. The molecular weight excluding hydrogens is 249 g/mol. The van der Waals surface area contributed by atoms with Gasteiger partial charge in [-0.1, -0.05) is 30.1 Å². The minimum Gasteiger partial charge on any atom is -0.493 e. The Hall–Kier alpha value is -0.930. The second-order valence-electron chi connectivity index (χ2n) is 3.27. The van der Waals surface area contributed by atoms with Gasteiger partial charge in [0.15, 0.2) is 5.75 Å². The van der Waals surface area contributed by atoms with E-state index in [-0.39, 0.29) is 5.91 Å². The third-order valence-electron chi connectivity index (χ3n) is 1.96. The van der Waals surface area contributed by atoms with Crippen molar-refractivity contribution in [2.75, 3.05) is 12.4 Å². The first-order valence-electron chi connectivity index (χ1n) is 4.91. The van der Waals surface area contributed by atoms with Crippen LogP contribution in [0, 0.1) is 0 Å². The Morgan fingerprint density at radius 1 is 1.44 bits per heavy atom. The van der Waals surface area contributed by atoms with E-state index in [0.717, 1.165) is 6.42 Å². The molecule has 1 aromatic rings. The van der Waals surface area contributed by atoms with Crippen molar-refractivity contribution in [3.05, 3.63) is 22.2 Å². The zero-order valence-corrected chi connectivity index (χ0v) is 10.7. The summed E-state index contributed by atoms with van der Waals surface area (Å²) in [5.74, 6) is 0.342. The largest absolute Gasteiger partial charge is 0.493 e. The quantitative estimate of drug-likeness (QED) is 0.897. The summed E-state index contributed by atoms with van der Waals surface area (Å²) in [4.78, 5) is 11.5. The van der Waals surface area contributed by atoms with Crippen molar-refractivity contribution in [2.45, 2.75) is 19.8 Å². The molecule has 0 aliphatic carbocycles. The highest BCUT2D eigenvalue weighted by Crippen LogP contribution is 2.36. The number of benzene rings is 1. The van der Waals surface area contributed by atoms with Crippen LogP contribution in [-0.4, -0.2) is 13.0 Å². The molecule has 0 saturated carbocycles. The molecule has 0 spiro atoms. The van der Waals surface area contributed by atoms with Crippen molar-refractivity contribution < 1.29 is 9.53 Å². The Morgan fingerprint density at radius 3 is 2.69 bits per heavy atom. The Kier molecular flexibility index (Phi) is 4.90. The van der Waals surface area contributed by atoms with Crippen molar-refractivity contribution in [1.29, 1.82) is 0 Å². The van der Waals surface area contributed by atoms with E-state index in [2.05, 4.69) is 5.32 Å². The van der Waals surface area contributed by atoms with Gasteiger partial charge < -0.3 is 10.1 Å². The first kappa shape index (κ1) is 13.1. The lowest BCUT2D eigenvalue weighted by Gasteiger charge is -2.11. The van der Waals surface area contributed by atoms with E-state index in [4.69, 9.17) is 27.9 Å². The fourth-order valence-electron chi connectivity index (χ4n) is 1.30. The second-order valence-corrected chi connectivity index (χ2v) is 4.11. The van der Waals surface area contributed by atoms with Gasteiger partial charge in [0.1, 0.15) is 0 Å². The van der Waals surface area contributed by atoms with Gasteiger partial charge in [-0.15, -0.1) is 0 Å². The Morgan fingerprint density at radius 2 is 2.12 bits per heavy atom. The molecule has 0 heterocycles. The van der Waals surface area contributed by atoms with Crippen LogP contribution >= 0.6 is 23.2 Å².